The third-order valence-corrected chi connectivity index (χ3v) is 22.3. The van der Waals surface area contributed by atoms with Gasteiger partial charge in [0.25, 0.3) is 0 Å². The Morgan fingerprint density at radius 3 is 1.22 bits per heavy atom. The summed E-state index contributed by atoms with van der Waals surface area (Å²) in [6, 6.07) is 122. The third-order valence-electron chi connectivity index (χ3n) is 21.0. The summed E-state index contributed by atoms with van der Waals surface area (Å²) < 4.78 is 1.26. The molecule has 733 valence electrons. The number of nitrogens with zero attached hydrogens (tertiary/aromatic N) is 7. The Balaban J connectivity index is 0.000000282. The minimum Gasteiger partial charge on any atom is -0.512 e. The van der Waals surface area contributed by atoms with E-state index in [-0.39, 0.29) is 163 Å². The second kappa shape index (κ2) is 57.7. The van der Waals surface area contributed by atoms with Crippen LogP contribution in [0.4, 0.5) is 0 Å². The molecule has 0 saturated carbocycles. The van der Waals surface area contributed by atoms with Crippen LogP contribution in [0.3, 0.4) is 0 Å². The number of hydrogen-bond donors (Lipinski definition) is 4. The minimum absolute atomic E-state index is 0. The number of aromatic nitrogens is 7. The van der Waals surface area contributed by atoms with Gasteiger partial charge in [0.2, 0.25) is 0 Å². The van der Waals surface area contributed by atoms with Crippen molar-refractivity contribution < 1.29 is 140 Å². The quantitative estimate of drug-likeness (QED) is 0.0566. The van der Waals surface area contributed by atoms with E-state index in [1.807, 2.05) is 230 Å². The van der Waals surface area contributed by atoms with E-state index in [1.54, 1.807) is 23.6 Å². The number of pyridine rings is 5. The Hall–Kier alpha value is -12.1. The fourth-order valence-electron chi connectivity index (χ4n) is 14.2. The molecule has 0 amide bonds. The molecule has 22 heteroatoms. The third kappa shape index (κ3) is 35.8. The summed E-state index contributed by atoms with van der Waals surface area (Å²) in [7, 11) is 0. The number of fused-ring (bicyclic) bond motifs is 9. The van der Waals surface area contributed by atoms with Crippen LogP contribution in [-0.4, -0.2) is 78.7 Å². The molecule has 7 heterocycles. The van der Waals surface area contributed by atoms with Crippen molar-refractivity contribution in [1.82, 2.24) is 35.1 Å². The first-order chi connectivity index (χ1) is 65.0. The number of aliphatic hydroxyl groups excluding tert-OH is 4. The molecule has 0 aliphatic heterocycles. The summed E-state index contributed by atoms with van der Waals surface area (Å²) in [6.07, 6.45) is 12.1. The molecule has 0 atom stereocenters. The van der Waals surface area contributed by atoms with E-state index in [2.05, 4.69) is 222 Å². The number of halogens is 1. The molecule has 5 radical (unpaired) electrons. The van der Waals surface area contributed by atoms with E-state index in [9.17, 15) is 24.3 Å². The smallest absolute Gasteiger partial charge is 0.164 e. The summed E-state index contributed by atoms with van der Waals surface area (Å²) in [6.45, 7) is 28.8. The molecule has 10 aromatic carbocycles. The zero-order valence-corrected chi connectivity index (χ0v) is 94.5. The molecule has 141 heavy (non-hydrogen) atoms. The number of carbonyl (C=O) groups is 4. The van der Waals surface area contributed by atoms with Crippen molar-refractivity contribution in [2.75, 3.05) is 0 Å². The number of benzene rings is 10. The standard InChI is InChI=1S/C24H18N.C20H16N.C15H10N.C13H8NS.C11H8N.C11H20O2.C10H6ClN2.3C5H8O2.5Ir/c1-24(2)20-9-5-4-8-18(20)19-13-11-17(15-21(19)24)23-14-12-16-7-3-6-10-22(16)25-23;1-20(2)17-8-4-3-7-15(17)16-11-10-14(13-18(16)20)19-9-5-6-12-21-19;1-2-7-13(8-3-1)15-14-9-5-4-6-12(14)10-11-16-15;1-2-7-12-10(5-1)9-13(15-12)11-6-3-4-8-14-11;1-2-6-10(7-3-1)11-8-4-5-9-12-11;1-10(2,3)8(12)7-9(13)11(4,5)6;11-10-7-6-9(12-13-10)8-4-2-1-3-5-8;3*1-4(6)3-5(2)7;;;;;/h3-10,12-15H,1-2H3;3-9,11-13H,1-2H3;1-7,9-11H;1-8H;1-6,8-9H;7,12H,1-6H3;1-4,6-7H;3*3,6H,1-2H3;;;;;/q5*-1;;-1;;;;;;;;. The average molecular weight is 2790 g/mol. The second-order valence-electron chi connectivity index (χ2n) is 34.8. The van der Waals surface area contributed by atoms with Gasteiger partial charge in [0.15, 0.2) is 23.1 Å². The van der Waals surface area contributed by atoms with Crippen LogP contribution in [0.15, 0.2) is 375 Å². The van der Waals surface area contributed by atoms with Crippen molar-refractivity contribution >= 4 is 77.8 Å². The van der Waals surface area contributed by atoms with Crippen LogP contribution in [0, 0.1) is 47.2 Å². The van der Waals surface area contributed by atoms with E-state index in [1.165, 1.54) is 137 Å². The van der Waals surface area contributed by atoms with Gasteiger partial charge >= 0.3 is 0 Å². The van der Waals surface area contributed by atoms with E-state index in [0.717, 1.165) is 72.4 Å². The van der Waals surface area contributed by atoms with Crippen molar-refractivity contribution in [2.24, 2.45) is 10.8 Å². The first-order valence-electron chi connectivity index (χ1n) is 44.1. The Morgan fingerprint density at radius 2 is 0.780 bits per heavy atom. The molecule has 0 spiro atoms. The van der Waals surface area contributed by atoms with Crippen LogP contribution in [0.25, 0.3) is 121 Å². The van der Waals surface area contributed by atoms with Gasteiger partial charge in [-0.1, -0.05) is 261 Å². The van der Waals surface area contributed by atoms with Crippen LogP contribution in [-0.2, 0) is 131 Å². The Labute approximate surface area is 905 Å². The van der Waals surface area contributed by atoms with Gasteiger partial charge < -0.3 is 40.4 Å². The number of rotatable bonds is 10. The summed E-state index contributed by atoms with van der Waals surface area (Å²) in [4.78, 5) is 64.9. The maximum atomic E-state index is 11.5. The number of allylic oxidation sites excluding steroid dienone is 8. The summed E-state index contributed by atoms with van der Waals surface area (Å²) in [5, 5.41) is 47.5. The van der Waals surface area contributed by atoms with Crippen LogP contribution in [0.1, 0.15) is 133 Å². The first-order valence-corrected chi connectivity index (χ1v) is 45.3. The van der Waals surface area contributed by atoms with Crippen LogP contribution < -0.4 is 0 Å². The van der Waals surface area contributed by atoms with Crippen molar-refractivity contribution in [3.8, 4) is 89.1 Å². The van der Waals surface area contributed by atoms with E-state index < -0.39 is 5.41 Å². The molecule has 19 rings (SSSR count). The van der Waals surface area contributed by atoms with Crippen molar-refractivity contribution in [2.45, 2.75) is 122 Å². The Morgan fingerprint density at radius 1 is 0.362 bits per heavy atom. The summed E-state index contributed by atoms with van der Waals surface area (Å²) in [5.74, 6) is -0.0835. The molecule has 2 aliphatic carbocycles. The van der Waals surface area contributed by atoms with Gasteiger partial charge in [0.05, 0.1) is 22.8 Å². The molecule has 0 fully saturated rings. The van der Waals surface area contributed by atoms with Crippen molar-refractivity contribution in [3.05, 3.63) is 439 Å². The zero-order valence-electron chi connectivity index (χ0n) is 81.0. The Bertz CT molecular complexity index is 6870. The maximum absolute atomic E-state index is 11.5. The summed E-state index contributed by atoms with van der Waals surface area (Å²) >= 11 is 7.35. The van der Waals surface area contributed by atoms with Crippen LogP contribution in [0.5, 0.6) is 0 Å². The number of aliphatic hydroxyl groups is 4. The average Bonchev–Trinajstić information content (AvgIpc) is 1.58. The topological polar surface area (TPSA) is 239 Å². The molecule has 2 aliphatic rings. The van der Waals surface area contributed by atoms with E-state index in [4.69, 9.17) is 31.9 Å². The predicted octanol–water partition coefficient (Wildman–Crippen LogP) is 29.7. The van der Waals surface area contributed by atoms with Gasteiger partial charge in [-0.25, -0.2) is 11.3 Å². The molecule has 7 aromatic heterocycles. The number of hydrogen-bond acceptors (Lipinski definition) is 16. The molecule has 4 N–H and O–H groups in total. The second-order valence-corrected chi connectivity index (χ2v) is 36.2. The van der Waals surface area contributed by atoms with Crippen LogP contribution >= 0.6 is 22.9 Å². The molecule has 17 aromatic rings. The van der Waals surface area contributed by atoms with Gasteiger partial charge in [-0.3, -0.25) is 24.2 Å². The number of carbonyl (C=O) groups excluding carboxylic acids is 4. The molecular weight excluding hydrogens is 2680 g/mol. The number of para-hydroxylation sites is 1. The first kappa shape index (κ1) is 119. The zero-order chi connectivity index (χ0) is 98.1. The van der Waals surface area contributed by atoms with Crippen molar-refractivity contribution in [1.29, 1.82) is 0 Å². The van der Waals surface area contributed by atoms with Crippen molar-refractivity contribution in [3.63, 3.8) is 0 Å². The fraction of sp³-hybridized carbons (Fsp3) is 0.168. The molecule has 0 unspecified atom stereocenters. The summed E-state index contributed by atoms with van der Waals surface area (Å²) in [5.41, 5.74) is 21.9. The molecular formula is C119H110ClIr5N7O8S-6. The molecule has 0 bridgehead atoms. The monoisotopic (exact) mass is 2800 g/mol. The SMILES string of the molecule is CC(=O)C=C(C)O.CC(=O)C=C(C)O.CC(=O)C=C(C)O.CC(C)(C)C(=O)C=C(O)C(C)(C)C.CC1(C)c2ccccc2-c2c[c-]c(-c3ccc4ccccc4n3)cc21.CC1(C)c2ccccc2-c2c[c-]c(-c3ccccn3)cc21.Clc1ccc(-c2[c-]cccc2)nn1.[Ir].[Ir].[Ir].[Ir].[Ir].[c-]1c(-c2ccccn2)sc2ccccc12.[c-]1ccccc1-c1ccccn1.[c-]1ccccc1-c1nccc2ccccc12. The predicted molar refractivity (Wildman–Crippen MR) is 555 cm³/mol. The normalized spacial score (nSPS) is 11.8. The minimum atomic E-state index is -0.417. The number of thiophene rings is 1. The van der Waals surface area contributed by atoms with Gasteiger partial charge in [-0.2, -0.15) is 5.10 Å². The van der Waals surface area contributed by atoms with Gasteiger partial charge in [-0.05, 0) is 148 Å². The van der Waals surface area contributed by atoms with Gasteiger partial charge in [0.1, 0.15) is 10.9 Å². The number of ketones is 4. The molecule has 15 nitrogen and oxygen atoms in total. The van der Waals surface area contributed by atoms with Gasteiger partial charge in [0, 0.05) is 172 Å². The Kier molecular flexibility index (Phi) is 48.9. The van der Waals surface area contributed by atoms with Crippen LogP contribution in [0.2, 0.25) is 5.15 Å². The van der Waals surface area contributed by atoms with Gasteiger partial charge in [-0.15, -0.1) is 195 Å². The van der Waals surface area contributed by atoms with E-state index in [0.29, 0.717) is 5.15 Å². The maximum Gasteiger partial charge on any atom is 0.164 e. The molecule has 0 saturated heterocycles. The van der Waals surface area contributed by atoms with E-state index >= 15 is 0 Å². The fourth-order valence-corrected chi connectivity index (χ4v) is 15.3. The largest absolute Gasteiger partial charge is 0.512 e.